The van der Waals surface area contributed by atoms with E-state index in [0.29, 0.717) is 6.42 Å². The minimum absolute atomic E-state index is 0.135. The van der Waals surface area contributed by atoms with Crippen LogP contribution in [0.1, 0.15) is 74.0 Å². The van der Waals surface area contributed by atoms with Crippen molar-refractivity contribution in [3.05, 3.63) is 60.7 Å². The molecule has 184 valence electrons. The van der Waals surface area contributed by atoms with Gasteiger partial charge in [-0.25, -0.2) is 0 Å². The normalized spacial score (nSPS) is 16.6. The maximum absolute atomic E-state index is 11.5. The van der Waals surface area contributed by atoms with Crippen LogP contribution in [0.4, 0.5) is 0 Å². The fraction of sp³-hybridized carbons (Fsp3) is 0.571. The number of rotatable bonds is 15. The van der Waals surface area contributed by atoms with Crippen molar-refractivity contribution in [2.75, 3.05) is 0 Å². The van der Waals surface area contributed by atoms with Crippen LogP contribution in [0.2, 0.25) is 6.04 Å². The van der Waals surface area contributed by atoms with Crippen molar-refractivity contribution in [1.82, 2.24) is 0 Å². The van der Waals surface area contributed by atoms with Gasteiger partial charge in [0.25, 0.3) is 8.32 Å². The molecule has 0 saturated heterocycles. The molecular formula is C28H44O4Si. The Morgan fingerprint density at radius 1 is 0.879 bits per heavy atom. The number of unbranched alkanes of at least 4 members (excludes halogenated alkanes) is 2. The molecule has 0 spiro atoms. The molecule has 5 heteroatoms. The van der Waals surface area contributed by atoms with Crippen LogP contribution in [0.5, 0.6) is 0 Å². The Labute approximate surface area is 203 Å². The van der Waals surface area contributed by atoms with Crippen molar-refractivity contribution in [2.45, 2.75) is 96.7 Å². The summed E-state index contributed by atoms with van der Waals surface area (Å²) in [6, 6.07) is 21.1. The van der Waals surface area contributed by atoms with E-state index in [9.17, 15) is 15.3 Å². The monoisotopic (exact) mass is 474 g/mol. The standard InChI is InChI=1S/C28H44O4Si/c1-5-7-9-16-21-25(26(29)28(3,4)31)27(30)32-33(22-8-6-2,23-17-12-10-13-18-23)24-19-14-11-15-20-24/h10-15,17-20,25-27,29-31H,5-9,16,21-22H2,1-4H3/t25-,26+,27?/m0/s1/i5T/t5?,25-,26+,27?. The van der Waals surface area contributed by atoms with Gasteiger partial charge in [0.2, 0.25) is 0 Å². The highest BCUT2D eigenvalue weighted by atomic mass is 28.4. The van der Waals surface area contributed by atoms with Gasteiger partial charge in [-0.05, 0) is 36.7 Å². The van der Waals surface area contributed by atoms with Gasteiger partial charge in [-0.15, -0.1) is 0 Å². The summed E-state index contributed by atoms with van der Waals surface area (Å²) in [6.07, 6.45) is 2.34. The second-order valence-electron chi connectivity index (χ2n) is 9.63. The topological polar surface area (TPSA) is 69.9 Å². The predicted octanol–water partition coefficient (Wildman–Crippen LogP) is 4.60. The van der Waals surface area contributed by atoms with E-state index in [0.717, 1.165) is 48.5 Å². The molecule has 0 radical (unpaired) electrons. The van der Waals surface area contributed by atoms with Gasteiger partial charge in [0, 0.05) is 7.29 Å². The molecule has 0 aliphatic heterocycles. The average Bonchev–Trinajstić information content (AvgIpc) is 2.81. The Hall–Kier alpha value is -1.50. The van der Waals surface area contributed by atoms with Gasteiger partial charge < -0.3 is 19.7 Å². The SMILES string of the molecule is [3H]C(C)CCCC[C@H](C(O)O[Si](CCCC)(c1ccccc1)c1ccccc1)[C@@H](O)C(C)(C)O. The number of benzene rings is 2. The molecule has 0 aliphatic carbocycles. The van der Waals surface area contributed by atoms with Crippen LogP contribution in [0, 0.1) is 5.92 Å². The first-order valence-electron chi connectivity index (χ1n) is 13.0. The molecule has 33 heavy (non-hydrogen) atoms. The fourth-order valence-electron chi connectivity index (χ4n) is 4.49. The second kappa shape index (κ2) is 13.4. The molecule has 0 heterocycles. The van der Waals surface area contributed by atoms with Gasteiger partial charge in [0.05, 0.1) is 11.7 Å². The van der Waals surface area contributed by atoms with Gasteiger partial charge in [0.1, 0.15) is 0 Å². The van der Waals surface area contributed by atoms with Crippen LogP contribution in [0.15, 0.2) is 60.7 Å². The molecule has 0 amide bonds. The first-order chi connectivity index (χ1) is 16.1. The highest BCUT2D eigenvalue weighted by Crippen LogP contribution is 2.29. The molecular weight excluding hydrogens is 428 g/mol. The number of hydrogen-bond acceptors (Lipinski definition) is 4. The third kappa shape index (κ3) is 7.76. The van der Waals surface area contributed by atoms with Crippen molar-refractivity contribution in [1.29, 1.82) is 0 Å². The summed E-state index contributed by atoms with van der Waals surface area (Å²) < 4.78 is 14.5. The zero-order chi connectivity index (χ0) is 25.2. The van der Waals surface area contributed by atoms with E-state index in [1.165, 1.54) is 0 Å². The summed E-state index contributed by atoms with van der Waals surface area (Å²) in [5, 5.41) is 35.3. The molecule has 4 nitrogen and oxygen atoms in total. The van der Waals surface area contributed by atoms with Crippen LogP contribution < -0.4 is 10.4 Å². The maximum atomic E-state index is 11.5. The zero-order valence-corrected chi connectivity index (χ0v) is 21.8. The van der Waals surface area contributed by atoms with Crippen molar-refractivity contribution in [2.24, 2.45) is 5.92 Å². The lowest BCUT2D eigenvalue weighted by Crippen LogP contribution is -2.63. The predicted molar refractivity (Wildman–Crippen MR) is 139 cm³/mol. The molecule has 3 N–H and O–H groups in total. The summed E-state index contributed by atoms with van der Waals surface area (Å²) in [5.41, 5.74) is -1.37. The minimum atomic E-state index is -2.84. The third-order valence-corrected chi connectivity index (χ3v) is 10.7. The highest BCUT2D eigenvalue weighted by Gasteiger charge is 2.45. The molecule has 0 saturated carbocycles. The molecule has 4 atom stereocenters. The van der Waals surface area contributed by atoms with E-state index in [1.807, 2.05) is 43.3 Å². The summed E-state index contributed by atoms with van der Waals surface area (Å²) in [5.74, 6) is -0.637. The zero-order valence-electron chi connectivity index (χ0n) is 21.8. The number of hydrogen-bond donors (Lipinski definition) is 3. The van der Waals surface area contributed by atoms with Crippen LogP contribution in [0.25, 0.3) is 0 Å². The van der Waals surface area contributed by atoms with Gasteiger partial charge >= 0.3 is 0 Å². The molecule has 2 unspecified atom stereocenters. The molecule has 2 rings (SSSR count). The van der Waals surface area contributed by atoms with E-state index in [-0.39, 0.29) is 6.40 Å². The Morgan fingerprint density at radius 2 is 1.42 bits per heavy atom. The first kappa shape index (κ1) is 26.1. The van der Waals surface area contributed by atoms with Crippen molar-refractivity contribution in [3.8, 4) is 0 Å². The van der Waals surface area contributed by atoms with Gasteiger partial charge in [-0.3, -0.25) is 0 Å². The lowest BCUT2D eigenvalue weighted by molar-refractivity contribution is -0.155. The molecule has 0 fully saturated rings. The quantitative estimate of drug-likeness (QED) is 0.200. The Bertz CT molecular complexity index is 771. The van der Waals surface area contributed by atoms with Crippen LogP contribution in [-0.2, 0) is 4.43 Å². The van der Waals surface area contributed by atoms with Crippen molar-refractivity contribution >= 4 is 18.7 Å². The molecule has 2 aromatic rings. The maximum Gasteiger partial charge on any atom is 0.259 e. The van der Waals surface area contributed by atoms with E-state index >= 15 is 0 Å². The Kier molecular flexibility index (Phi) is 10.6. The largest absolute Gasteiger partial charge is 0.390 e. The smallest absolute Gasteiger partial charge is 0.259 e. The van der Waals surface area contributed by atoms with Crippen molar-refractivity contribution in [3.63, 3.8) is 0 Å². The van der Waals surface area contributed by atoms with Gasteiger partial charge in [-0.1, -0.05) is 113 Å². The molecule has 0 aliphatic rings. The lowest BCUT2D eigenvalue weighted by atomic mass is 9.85. The van der Waals surface area contributed by atoms with E-state index in [2.05, 4.69) is 31.2 Å². The van der Waals surface area contributed by atoms with Crippen LogP contribution >= 0.6 is 0 Å². The van der Waals surface area contributed by atoms with E-state index in [1.54, 1.807) is 13.8 Å². The summed E-state index contributed by atoms with van der Waals surface area (Å²) in [7, 11) is -2.84. The second-order valence-corrected chi connectivity index (χ2v) is 13.2. The van der Waals surface area contributed by atoms with Gasteiger partial charge in [-0.2, -0.15) is 0 Å². The summed E-state index contributed by atoms with van der Waals surface area (Å²) in [6.45, 7) is 7.16. The van der Waals surface area contributed by atoms with Crippen LogP contribution in [0.3, 0.4) is 0 Å². The summed E-state index contributed by atoms with van der Waals surface area (Å²) in [4.78, 5) is 0. The Balaban J connectivity index is 2.44. The Morgan fingerprint density at radius 3 is 1.88 bits per heavy atom. The molecule has 0 aromatic heterocycles. The van der Waals surface area contributed by atoms with E-state index in [4.69, 9.17) is 5.80 Å². The third-order valence-electron chi connectivity index (χ3n) is 6.46. The van der Waals surface area contributed by atoms with E-state index < -0.39 is 32.2 Å². The lowest BCUT2D eigenvalue weighted by Gasteiger charge is -2.40. The fourth-order valence-corrected chi connectivity index (χ4v) is 8.69. The molecule has 0 bridgehead atoms. The molecule has 2 aromatic carbocycles. The number of aliphatic hydroxyl groups is 3. The highest BCUT2D eigenvalue weighted by molar-refractivity contribution is 6.97. The van der Waals surface area contributed by atoms with Crippen LogP contribution in [-0.4, -0.2) is 41.6 Å². The first-order valence-corrected chi connectivity index (χ1v) is 14.5. The van der Waals surface area contributed by atoms with Gasteiger partial charge in [0.15, 0.2) is 6.29 Å². The summed E-state index contributed by atoms with van der Waals surface area (Å²) >= 11 is 0. The average molecular weight is 475 g/mol. The minimum Gasteiger partial charge on any atom is -0.390 e. The van der Waals surface area contributed by atoms with Crippen molar-refractivity contribution < 1.29 is 21.1 Å². The number of aliphatic hydroxyl groups excluding tert-OH is 2.